The predicted octanol–water partition coefficient (Wildman–Crippen LogP) is 3.08. The Bertz CT molecular complexity index is 390. The molecule has 17 heavy (non-hydrogen) atoms. The number of ether oxygens (including phenoxy) is 1. The molecule has 2 rings (SSSR count). The lowest BCUT2D eigenvalue weighted by Crippen LogP contribution is -2.34. The van der Waals surface area contributed by atoms with Crippen molar-refractivity contribution in [2.75, 3.05) is 7.11 Å². The standard InChI is InChI=1S/C15H22O2/c1-11-4-5-13(10-12(11)2)15(16)8-6-14(17-3)7-9-15/h4-5,10,14,16H,6-9H2,1-3H3. The van der Waals surface area contributed by atoms with Crippen molar-refractivity contribution in [1.29, 1.82) is 0 Å². The van der Waals surface area contributed by atoms with Crippen molar-refractivity contribution in [3.63, 3.8) is 0 Å². The van der Waals surface area contributed by atoms with Crippen molar-refractivity contribution in [2.45, 2.75) is 51.2 Å². The quantitative estimate of drug-likeness (QED) is 0.852. The van der Waals surface area contributed by atoms with Gasteiger partial charge in [-0.3, -0.25) is 0 Å². The van der Waals surface area contributed by atoms with E-state index in [1.54, 1.807) is 7.11 Å². The van der Waals surface area contributed by atoms with Crippen LogP contribution in [0.25, 0.3) is 0 Å². The summed E-state index contributed by atoms with van der Waals surface area (Å²) < 4.78 is 5.35. The number of hydrogen-bond donors (Lipinski definition) is 1. The molecule has 94 valence electrons. The summed E-state index contributed by atoms with van der Waals surface area (Å²) in [6.07, 6.45) is 3.81. The van der Waals surface area contributed by atoms with E-state index < -0.39 is 5.60 Å². The molecule has 1 fully saturated rings. The molecule has 1 saturated carbocycles. The van der Waals surface area contributed by atoms with E-state index in [0.717, 1.165) is 31.2 Å². The lowest BCUT2D eigenvalue weighted by molar-refractivity contribution is -0.0474. The molecule has 0 unspecified atom stereocenters. The zero-order chi connectivity index (χ0) is 12.5. The van der Waals surface area contributed by atoms with Gasteiger partial charge in [-0.05, 0) is 56.2 Å². The number of hydrogen-bond acceptors (Lipinski definition) is 2. The lowest BCUT2D eigenvalue weighted by Gasteiger charge is -2.36. The van der Waals surface area contributed by atoms with Gasteiger partial charge in [-0.25, -0.2) is 0 Å². The summed E-state index contributed by atoms with van der Waals surface area (Å²) in [6, 6.07) is 6.29. The smallest absolute Gasteiger partial charge is 0.0898 e. The minimum absolute atomic E-state index is 0.321. The van der Waals surface area contributed by atoms with Gasteiger partial charge in [0.1, 0.15) is 0 Å². The maximum atomic E-state index is 10.7. The average molecular weight is 234 g/mol. The van der Waals surface area contributed by atoms with Gasteiger partial charge < -0.3 is 9.84 Å². The second-order valence-electron chi connectivity index (χ2n) is 5.27. The van der Waals surface area contributed by atoms with Gasteiger partial charge in [0.25, 0.3) is 0 Å². The van der Waals surface area contributed by atoms with Gasteiger partial charge in [-0.15, -0.1) is 0 Å². The number of benzene rings is 1. The maximum Gasteiger partial charge on any atom is 0.0898 e. The third-order valence-electron chi connectivity index (χ3n) is 4.14. The minimum Gasteiger partial charge on any atom is -0.385 e. The van der Waals surface area contributed by atoms with Crippen LogP contribution in [0.5, 0.6) is 0 Å². The molecule has 1 aromatic rings. The van der Waals surface area contributed by atoms with Gasteiger partial charge in [0, 0.05) is 7.11 Å². The van der Waals surface area contributed by atoms with Gasteiger partial charge in [-0.1, -0.05) is 18.2 Å². The van der Waals surface area contributed by atoms with Crippen molar-refractivity contribution >= 4 is 0 Å². The monoisotopic (exact) mass is 234 g/mol. The third kappa shape index (κ3) is 2.53. The van der Waals surface area contributed by atoms with Crippen molar-refractivity contribution in [3.05, 3.63) is 34.9 Å². The Morgan fingerprint density at radius 2 is 1.82 bits per heavy atom. The second kappa shape index (κ2) is 4.79. The van der Waals surface area contributed by atoms with Crippen LogP contribution in [0.15, 0.2) is 18.2 Å². The molecule has 0 saturated heterocycles. The largest absolute Gasteiger partial charge is 0.385 e. The SMILES string of the molecule is COC1CCC(O)(c2ccc(C)c(C)c2)CC1. The maximum absolute atomic E-state index is 10.7. The van der Waals surface area contributed by atoms with Crippen molar-refractivity contribution < 1.29 is 9.84 Å². The Labute approximate surface area is 104 Å². The summed E-state index contributed by atoms with van der Waals surface area (Å²) in [6.45, 7) is 4.20. The molecule has 1 N–H and O–H groups in total. The summed E-state index contributed by atoms with van der Waals surface area (Å²) in [5, 5.41) is 10.7. The first-order valence-corrected chi connectivity index (χ1v) is 6.38. The van der Waals surface area contributed by atoms with Crippen LogP contribution in [-0.4, -0.2) is 18.3 Å². The number of rotatable bonds is 2. The van der Waals surface area contributed by atoms with Crippen LogP contribution in [0.3, 0.4) is 0 Å². The van der Waals surface area contributed by atoms with E-state index in [1.807, 2.05) is 0 Å². The van der Waals surface area contributed by atoms with Crippen LogP contribution in [0, 0.1) is 13.8 Å². The molecule has 0 bridgehead atoms. The van der Waals surface area contributed by atoms with E-state index in [9.17, 15) is 5.11 Å². The molecule has 0 spiro atoms. The van der Waals surface area contributed by atoms with Gasteiger partial charge in [0.2, 0.25) is 0 Å². The summed E-state index contributed by atoms with van der Waals surface area (Å²) >= 11 is 0. The van der Waals surface area contributed by atoms with Crippen LogP contribution >= 0.6 is 0 Å². The molecule has 2 nitrogen and oxygen atoms in total. The summed E-state index contributed by atoms with van der Waals surface area (Å²) in [4.78, 5) is 0. The van der Waals surface area contributed by atoms with Crippen LogP contribution in [0.4, 0.5) is 0 Å². The highest BCUT2D eigenvalue weighted by atomic mass is 16.5. The normalized spacial score (nSPS) is 29.3. The van der Waals surface area contributed by atoms with Gasteiger partial charge in [0.05, 0.1) is 11.7 Å². The molecule has 0 aromatic heterocycles. The fraction of sp³-hybridized carbons (Fsp3) is 0.600. The topological polar surface area (TPSA) is 29.5 Å². The highest BCUT2D eigenvalue weighted by Crippen LogP contribution is 2.38. The van der Waals surface area contributed by atoms with Crippen LogP contribution in [0.2, 0.25) is 0 Å². The molecule has 1 aliphatic carbocycles. The summed E-state index contributed by atoms with van der Waals surface area (Å²) in [5.74, 6) is 0. The van der Waals surface area contributed by atoms with Crippen LogP contribution < -0.4 is 0 Å². The number of aryl methyl sites for hydroxylation is 2. The third-order valence-corrected chi connectivity index (χ3v) is 4.14. The van der Waals surface area contributed by atoms with Crippen LogP contribution in [-0.2, 0) is 10.3 Å². The van der Waals surface area contributed by atoms with Gasteiger partial charge in [0.15, 0.2) is 0 Å². The highest BCUT2D eigenvalue weighted by Gasteiger charge is 2.34. The van der Waals surface area contributed by atoms with E-state index in [0.29, 0.717) is 6.10 Å². The Morgan fingerprint density at radius 3 is 2.35 bits per heavy atom. The molecule has 1 aromatic carbocycles. The number of aliphatic hydroxyl groups is 1. The van der Waals surface area contributed by atoms with Crippen molar-refractivity contribution in [2.24, 2.45) is 0 Å². The van der Waals surface area contributed by atoms with Gasteiger partial charge >= 0.3 is 0 Å². The van der Waals surface area contributed by atoms with Crippen molar-refractivity contribution in [1.82, 2.24) is 0 Å². The molecule has 0 radical (unpaired) electrons. The number of methoxy groups -OCH3 is 1. The molecular weight excluding hydrogens is 212 g/mol. The zero-order valence-corrected chi connectivity index (χ0v) is 11.0. The molecule has 2 heteroatoms. The highest BCUT2D eigenvalue weighted by molar-refractivity contribution is 5.33. The molecule has 0 atom stereocenters. The Hall–Kier alpha value is -0.860. The molecular formula is C15H22O2. The van der Waals surface area contributed by atoms with E-state index in [4.69, 9.17) is 4.74 Å². The minimum atomic E-state index is -0.645. The van der Waals surface area contributed by atoms with E-state index in [1.165, 1.54) is 11.1 Å². The van der Waals surface area contributed by atoms with E-state index in [2.05, 4.69) is 32.0 Å². The first-order chi connectivity index (χ1) is 8.05. The molecule has 0 heterocycles. The summed E-state index contributed by atoms with van der Waals surface area (Å²) in [5.41, 5.74) is 2.95. The average Bonchev–Trinajstić information content (AvgIpc) is 2.33. The summed E-state index contributed by atoms with van der Waals surface area (Å²) in [7, 11) is 1.76. The second-order valence-corrected chi connectivity index (χ2v) is 5.27. The Balaban J connectivity index is 2.18. The van der Waals surface area contributed by atoms with Gasteiger partial charge in [-0.2, -0.15) is 0 Å². The van der Waals surface area contributed by atoms with E-state index >= 15 is 0 Å². The Kier molecular flexibility index (Phi) is 3.55. The molecule has 0 amide bonds. The molecule has 1 aliphatic rings. The Morgan fingerprint density at radius 1 is 1.18 bits per heavy atom. The predicted molar refractivity (Wildman–Crippen MR) is 69.1 cm³/mol. The zero-order valence-electron chi connectivity index (χ0n) is 11.0. The molecule has 0 aliphatic heterocycles. The van der Waals surface area contributed by atoms with Crippen molar-refractivity contribution in [3.8, 4) is 0 Å². The fourth-order valence-electron chi connectivity index (χ4n) is 2.62. The lowest BCUT2D eigenvalue weighted by atomic mass is 9.78. The first-order valence-electron chi connectivity index (χ1n) is 6.38. The van der Waals surface area contributed by atoms with Crippen LogP contribution in [0.1, 0.15) is 42.4 Å². The first kappa shape index (κ1) is 12.6. The van der Waals surface area contributed by atoms with E-state index in [-0.39, 0.29) is 0 Å². The fourth-order valence-corrected chi connectivity index (χ4v) is 2.62.